The molecule has 0 unspecified atom stereocenters. The first-order valence-corrected chi connectivity index (χ1v) is 3.12. The van der Waals surface area contributed by atoms with Crippen LogP contribution in [-0.2, 0) is 0 Å². The molecule has 60 valence electrons. The molecule has 0 atom stereocenters. The van der Waals surface area contributed by atoms with Crippen molar-refractivity contribution in [3.63, 3.8) is 0 Å². The normalized spacial score (nSPS) is 9.27. The van der Waals surface area contributed by atoms with Crippen molar-refractivity contribution in [3.8, 4) is 11.8 Å². The van der Waals surface area contributed by atoms with Crippen LogP contribution in [0.2, 0.25) is 0 Å². The Morgan fingerprint density at radius 2 is 2.00 bits per heavy atom. The Morgan fingerprint density at radius 3 is 2.55 bits per heavy atom. The lowest BCUT2D eigenvalue weighted by Gasteiger charge is -2.04. The summed E-state index contributed by atoms with van der Waals surface area (Å²) in [6.45, 7) is 0. The Labute approximate surface area is 64.9 Å². The first-order chi connectivity index (χ1) is 5.27. The summed E-state index contributed by atoms with van der Waals surface area (Å²) in [5.74, 6) is 0.889. The number of hydrogen-bond donors (Lipinski definition) is 1. The first-order valence-electron chi connectivity index (χ1n) is 3.12. The van der Waals surface area contributed by atoms with Crippen LogP contribution in [0.15, 0.2) is 12.1 Å². The van der Waals surface area contributed by atoms with Crippen LogP contribution in [0.4, 0.5) is 5.69 Å². The molecule has 2 N–H and O–H groups in total. The molecular formula is C7H10N2O2. The highest BCUT2D eigenvalue weighted by atomic mass is 16.5. The molecule has 0 amide bonds. The maximum atomic E-state index is 5.51. The molecule has 0 spiro atoms. The van der Waals surface area contributed by atoms with Gasteiger partial charge in [0.15, 0.2) is 0 Å². The van der Waals surface area contributed by atoms with Gasteiger partial charge in [0.1, 0.15) is 0 Å². The molecule has 0 aliphatic carbocycles. The van der Waals surface area contributed by atoms with Gasteiger partial charge >= 0.3 is 0 Å². The number of ether oxygens (including phenoxy) is 2. The highest BCUT2D eigenvalue weighted by Crippen LogP contribution is 2.20. The number of nitrogen functional groups attached to an aromatic ring is 1. The van der Waals surface area contributed by atoms with Crippen LogP contribution in [0.25, 0.3) is 0 Å². The van der Waals surface area contributed by atoms with Crippen molar-refractivity contribution in [1.29, 1.82) is 0 Å². The molecule has 0 fully saturated rings. The van der Waals surface area contributed by atoms with E-state index in [1.165, 1.54) is 14.2 Å². The lowest BCUT2D eigenvalue weighted by Crippen LogP contribution is -1.96. The molecule has 0 aliphatic rings. The van der Waals surface area contributed by atoms with Gasteiger partial charge in [0.05, 0.1) is 19.9 Å². The van der Waals surface area contributed by atoms with Crippen LogP contribution in [-0.4, -0.2) is 19.2 Å². The fraction of sp³-hybridized carbons (Fsp3) is 0.286. The summed E-state index contributed by atoms with van der Waals surface area (Å²) >= 11 is 0. The number of aromatic nitrogens is 1. The fourth-order valence-electron chi connectivity index (χ4n) is 0.711. The summed E-state index contributed by atoms with van der Waals surface area (Å²) in [4.78, 5) is 3.94. The molecule has 4 nitrogen and oxygen atoms in total. The third kappa shape index (κ3) is 1.52. The third-order valence-corrected chi connectivity index (χ3v) is 1.27. The number of anilines is 1. The molecule has 0 radical (unpaired) electrons. The van der Waals surface area contributed by atoms with E-state index in [0.717, 1.165) is 0 Å². The van der Waals surface area contributed by atoms with Gasteiger partial charge in [0.2, 0.25) is 11.8 Å². The maximum absolute atomic E-state index is 5.51. The topological polar surface area (TPSA) is 57.4 Å². The number of nitrogens with two attached hydrogens (primary N) is 1. The standard InChI is InChI=1S/C7H10N2O2/c1-10-6-4-3-5(8)7(9-6)11-2/h3-4H,8H2,1-2H3. The Bertz CT molecular complexity index is 250. The van der Waals surface area contributed by atoms with Gasteiger partial charge in [0, 0.05) is 6.07 Å². The van der Waals surface area contributed by atoms with E-state index in [2.05, 4.69) is 4.98 Å². The molecule has 1 aromatic rings. The van der Waals surface area contributed by atoms with Gasteiger partial charge in [-0.25, -0.2) is 0 Å². The van der Waals surface area contributed by atoms with E-state index >= 15 is 0 Å². The first kappa shape index (κ1) is 7.65. The van der Waals surface area contributed by atoms with Crippen LogP contribution < -0.4 is 15.2 Å². The lowest BCUT2D eigenvalue weighted by molar-refractivity contribution is 0.366. The van der Waals surface area contributed by atoms with Crippen LogP contribution in [0.1, 0.15) is 0 Å². The van der Waals surface area contributed by atoms with Gasteiger partial charge < -0.3 is 15.2 Å². The van der Waals surface area contributed by atoms with Crippen LogP contribution >= 0.6 is 0 Å². The minimum absolute atomic E-state index is 0.393. The Kier molecular flexibility index (Phi) is 2.15. The molecule has 0 bridgehead atoms. The smallest absolute Gasteiger partial charge is 0.240 e. The van der Waals surface area contributed by atoms with Gasteiger partial charge in [-0.3, -0.25) is 0 Å². The highest BCUT2D eigenvalue weighted by molar-refractivity contribution is 5.49. The van der Waals surface area contributed by atoms with Crippen molar-refractivity contribution in [3.05, 3.63) is 12.1 Å². The average molecular weight is 154 g/mol. The molecule has 0 aliphatic heterocycles. The van der Waals surface area contributed by atoms with E-state index in [-0.39, 0.29) is 0 Å². The second-order valence-corrected chi connectivity index (χ2v) is 1.95. The fourth-order valence-corrected chi connectivity index (χ4v) is 0.711. The Hall–Kier alpha value is -1.45. The van der Waals surface area contributed by atoms with E-state index in [1.807, 2.05) is 0 Å². The van der Waals surface area contributed by atoms with E-state index in [9.17, 15) is 0 Å². The predicted molar refractivity (Wildman–Crippen MR) is 41.8 cm³/mol. The minimum atomic E-state index is 0.393. The zero-order valence-electron chi connectivity index (χ0n) is 6.50. The SMILES string of the molecule is COc1ccc(N)c(OC)n1. The van der Waals surface area contributed by atoms with Crippen molar-refractivity contribution in [2.45, 2.75) is 0 Å². The van der Waals surface area contributed by atoms with Crippen LogP contribution in [0.3, 0.4) is 0 Å². The van der Waals surface area contributed by atoms with Crippen molar-refractivity contribution in [1.82, 2.24) is 4.98 Å². The number of methoxy groups -OCH3 is 2. The molecule has 0 saturated carbocycles. The van der Waals surface area contributed by atoms with Gasteiger partial charge in [0.25, 0.3) is 0 Å². The molecule has 11 heavy (non-hydrogen) atoms. The highest BCUT2D eigenvalue weighted by Gasteiger charge is 2.01. The van der Waals surface area contributed by atoms with Gasteiger partial charge in [-0.05, 0) is 6.07 Å². The molecular weight excluding hydrogens is 144 g/mol. The average Bonchev–Trinajstić information content (AvgIpc) is 2.05. The van der Waals surface area contributed by atoms with Crippen LogP contribution in [0, 0.1) is 0 Å². The lowest BCUT2D eigenvalue weighted by atomic mass is 10.4. The summed E-state index contributed by atoms with van der Waals surface area (Å²) in [7, 11) is 3.05. The summed E-state index contributed by atoms with van der Waals surface area (Å²) in [6.07, 6.45) is 0. The number of nitrogens with zero attached hydrogens (tertiary/aromatic N) is 1. The molecule has 1 aromatic heterocycles. The zero-order valence-corrected chi connectivity index (χ0v) is 6.50. The quantitative estimate of drug-likeness (QED) is 0.680. The summed E-state index contributed by atoms with van der Waals surface area (Å²) in [5, 5.41) is 0. The van der Waals surface area contributed by atoms with Crippen molar-refractivity contribution in [2.24, 2.45) is 0 Å². The van der Waals surface area contributed by atoms with E-state index in [4.69, 9.17) is 15.2 Å². The number of hydrogen-bond acceptors (Lipinski definition) is 4. The minimum Gasteiger partial charge on any atom is -0.481 e. The van der Waals surface area contributed by atoms with Crippen LogP contribution in [0.5, 0.6) is 11.8 Å². The Balaban J connectivity index is 3.02. The molecule has 0 saturated heterocycles. The van der Waals surface area contributed by atoms with Crippen molar-refractivity contribution < 1.29 is 9.47 Å². The molecule has 1 heterocycles. The summed E-state index contributed by atoms with van der Waals surface area (Å²) in [5.41, 5.74) is 6.02. The largest absolute Gasteiger partial charge is 0.481 e. The van der Waals surface area contributed by atoms with E-state index in [1.54, 1.807) is 12.1 Å². The molecule has 0 aromatic carbocycles. The monoisotopic (exact) mass is 154 g/mol. The summed E-state index contributed by atoms with van der Waals surface area (Å²) in [6, 6.07) is 3.36. The van der Waals surface area contributed by atoms with Gasteiger partial charge in [-0.15, -0.1) is 0 Å². The molecule has 1 rings (SSSR count). The number of rotatable bonds is 2. The maximum Gasteiger partial charge on any atom is 0.240 e. The number of pyridine rings is 1. The van der Waals surface area contributed by atoms with Gasteiger partial charge in [-0.1, -0.05) is 0 Å². The summed E-state index contributed by atoms with van der Waals surface area (Å²) < 4.78 is 9.74. The van der Waals surface area contributed by atoms with Gasteiger partial charge in [-0.2, -0.15) is 4.98 Å². The second kappa shape index (κ2) is 3.09. The van der Waals surface area contributed by atoms with E-state index in [0.29, 0.717) is 17.4 Å². The molecule has 4 heteroatoms. The second-order valence-electron chi connectivity index (χ2n) is 1.95. The van der Waals surface area contributed by atoms with E-state index < -0.39 is 0 Å². The zero-order chi connectivity index (χ0) is 8.27. The van der Waals surface area contributed by atoms with Crippen molar-refractivity contribution in [2.75, 3.05) is 20.0 Å². The third-order valence-electron chi connectivity index (χ3n) is 1.27. The Morgan fingerprint density at radius 1 is 1.27 bits per heavy atom. The van der Waals surface area contributed by atoms with Crippen molar-refractivity contribution >= 4 is 5.69 Å². The predicted octanol–water partition coefficient (Wildman–Crippen LogP) is 0.681.